The SMILES string of the molecule is COc1cc2ccccc2cc1C(=O)NCc1nc(-c2ccccc2)no1. The topological polar surface area (TPSA) is 77.2 Å². The molecule has 0 unspecified atom stereocenters. The lowest BCUT2D eigenvalue weighted by atomic mass is 10.1. The lowest BCUT2D eigenvalue weighted by Crippen LogP contribution is -2.23. The number of rotatable bonds is 5. The van der Waals surface area contributed by atoms with E-state index in [2.05, 4.69) is 15.5 Å². The quantitative estimate of drug-likeness (QED) is 0.586. The summed E-state index contributed by atoms with van der Waals surface area (Å²) in [4.78, 5) is 17.0. The van der Waals surface area contributed by atoms with E-state index in [4.69, 9.17) is 9.26 Å². The largest absolute Gasteiger partial charge is 0.496 e. The fraction of sp³-hybridized carbons (Fsp3) is 0.0952. The van der Waals surface area contributed by atoms with Crippen molar-refractivity contribution in [3.8, 4) is 17.1 Å². The van der Waals surface area contributed by atoms with Crippen LogP contribution in [0.1, 0.15) is 16.2 Å². The van der Waals surface area contributed by atoms with Gasteiger partial charge in [0, 0.05) is 5.56 Å². The number of amides is 1. The van der Waals surface area contributed by atoms with Crippen LogP contribution in [0.4, 0.5) is 0 Å². The lowest BCUT2D eigenvalue weighted by molar-refractivity contribution is 0.0943. The Morgan fingerprint density at radius 3 is 2.48 bits per heavy atom. The van der Waals surface area contributed by atoms with Crippen molar-refractivity contribution in [2.24, 2.45) is 0 Å². The van der Waals surface area contributed by atoms with Crippen molar-refractivity contribution in [3.63, 3.8) is 0 Å². The lowest BCUT2D eigenvalue weighted by Gasteiger charge is -2.10. The Labute approximate surface area is 155 Å². The zero-order valence-corrected chi connectivity index (χ0v) is 14.7. The van der Waals surface area contributed by atoms with Crippen LogP contribution in [0, 0.1) is 0 Å². The summed E-state index contributed by atoms with van der Waals surface area (Å²) >= 11 is 0. The van der Waals surface area contributed by atoms with Crippen molar-refractivity contribution in [2.45, 2.75) is 6.54 Å². The van der Waals surface area contributed by atoms with Crippen molar-refractivity contribution >= 4 is 16.7 Å². The molecule has 0 fully saturated rings. The summed E-state index contributed by atoms with van der Waals surface area (Å²) in [5.74, 6) is 1.07. The second kappa shape index (κ2) is 7.29. The second-order valence-corrected chi connectivity index (χ2v) is 5.96. The standard InChI is InChI=1S/C21H17N3O3/c1-26-18-12-16-10-6-5-9-15(16)11-17(18)21(25)22-13-19-23-20(24-27-19)14-7-3-2-4-8-14/h2-12H,13H2,1H3,(H,22,25). The molecule has 6 nitrogen and oxygen atoms in total. The smallest absolute Gasteiger partial charge is 0.255 e. The number of aromatic nitrogens is 2. The van der Waals surface area contributed by atoms with Crippen LogP contribution in [0.3, 0.4) is 0 Å². The number of nitrogens with one attached hydrogen (secondary N) is 1. The van der Waals surface area contributed by atoms with Gasteiger partial charge in [-0.25, -0.2) is 0 Å². The fourth-order valence-corrected chi connectivity index (χ4v) is 2.85. The molecular formula is C21H17N3O3. The first kappa shape index (κ1) is 16.8. The van der Waals surface area contributed by atoms with Crippen LogP contribution in [0.2, 0.25) is 0 Å². The third-order valence-corrected chi connectivity index (χ3v) is 4.21. The van der Waals surface area contributed by atoms with E-state index in [9.17, 15) is 4.79 Å². The van der Waals surface area contributed by atoms with Gasteiger partial charge in [0.2, 0.25) is 11.7 Å². The van der Waals surface area contributed by atoms with E-state index >= 15 is 0 Å². The van der Waals surface area contributed by atoms with Crippen LogP contribution in [0.5, 0.6) is 5.75 Å². The Morgan fingerprint density at radius 2 is 1.74 bits per heavy atom. The van der Waals surface area contributed by atoms with Crippen LogP contribution in [-0.4, -0.2) is 23.2 Å². The maximum atomic E-state index is 12.6. The highest BCUT2D eigenvalue weighted by molar-refractivity contribution is 6.01. The number of benzene rings is 3. The second-order valence-electron chi connectivity index (χ2n) is 5.96. The van der Waals surface area contributed by atoms with Crippen molar-refractivity contribution in [3.05, 3.63) is 78.2 Å². The van der Waals surface area contributed by atoms with Gasteiger partial charge < -0.3 is 14.6 Å². The number of carbonyl (C=O) groups excluding carboxylic acids is 1. The van der Waals surface area contributed by atoms with Gasteiger partial charge in [-0.05, 0) is 22.9 Å². The summed E-state index contributed by atoms with van der Waals surface area (Å²) < 4.78 is 10.6. The maximum absolute atomic E-state index is 12.6. The van der Waals surface area contributed by atoms with Crippen molar-refractivity contribution < 1.29 is 14.1 Å². The molecule has 1 aromatic heterocycles. The first-order valence-corrected chi connectivity index (χ1v) is 8.47. The normalized spacial score (nSPS) is 10.7. The molecule has 4 aromatic rings. The molecule has 6 heteroatoms. The van der Waals surface area contributed by atoms with Gasteiger partial charge in [0.1, 0.15) is 5.75 Å². The van der Waals surface area contributed by atoms with Crippen LogP contribution in [0.25, 0.3) is 22.2 Å². The van der Waals surface area contributed by atoms with E-state index < -0.39 is 0 Å². The van der Waals surface area contributed by atoms with E-state index in [0.29, 0.717) is 23.0 Å². The molecule has 27 heavy (non-hydrogen) atoms. The Bertz CT molecular complexity index is 1090. The summed E-state index contributed by atoms with van der Waals surface area (Å²) in [6.45, 7) is 0.134. The molecule has 0 saturated heterocycles. The zero-order valence-electron chi connectivity index (χ0n) is 14.7. The maximum Gasteiger partial charge on any atom is 0.255 e. The Kier molecular flexibility index (Phi) is 4.53. The van der Waals surface area contributed by atoms with Gasteiger partial charge in [-0.1, -0.05) is 59.8 Å². The molecule has 0 bridgehead atoms. The molecule has 134 valence electrons. The van der Waals surface area contributed by atoms with Gasteiger partial charge >= 0.3 is 0 Å². The summed E-state index contributed by atoms with van der Waals surface area (Å²) in [7, 11) is 1.55. The van der Waals surface area contributed by atoms with Gasteiger partial charge in [-0.3, -0.25) is 4.79 Å². The average molecular weight is 359 g/mol. The molecule has 0 saturated carbocycles. The summed E-state index contributed by atoms with van der Waals surface area (Å²) in [6.07, 6.45) is 0. The summed E-state index contributed by atoms with van der Waals surface area (Å²) in [5, 5.41) is 8.73. The van der Waals surface area contributed by atoms with Crippen LogP contribution < -0.4 is 10.1 Å². The number of carbonyl (C=O) groups is 1. The molecule has 0 aliphatic rings. The van der Waals surface area contributed by atoms with Crippen molar-refractivity contribution in [2.75, 3.05) is 7.11 Å². The van der Waals surface area contributed by atoms with Gasteiger partial charge in [0.25, 0.3) is 5.91 Å². The predicted octanol–water partition coefficient (Wildman–Crippen LogP) is 3.83. The van der Waals surface area contributed by atoms with Crippen LogP contribution >= 0.6 is 0 Å². The minimum Gasteiger partial charge on any atom is -0.496 e. The predicted molar refractivity (Wildman–Crippen MR) is 101 cm³/mol. The van der Waals surface area contributed by atoms with Crippen molar-refractivity contribution in [1.82, 2.24) is 15.5 Å². The zero-order chi connectivity index (χ0) is 18.6. The van der Waals surface area contributed by atoms with Crippen molar-refractivity contribution in [1.29, 1.82) is 0 Å². The molecule has 1 amide bonds. The molecule has 0 spiro atoms. The first-order chi connectivity index (χ1) is 13.2. The highest BCUT2D eigenvalue weighted by Crippen LogP contribution is 2.26. The van der Waals surface area contributed by atoms with Gasteiger partial charge in [-0.2, -0.15) is 4.98 Å². The van der Waals surface area contributed by atoms with E-state index in [1.807, 2.05) is 66.7 Å². The van der Waals surface area contributed by atoms with Gasteiger partial charge in [-0.15, -0.1) is 0 Å². The first-order valence-electron chi connectivity index (χ1n) is 8.47. The number of nitrogens with zero attached hydrogens (tertiary/aromatic N) is 2. The van der Waals surface area contributed by atoms with Gasteiger partial charge in [0.15, 0.2) is 0 Å². The molecule has 4 rings (SSSR count). The van der Waals surface area contributed by atoms with Crippen LogP contribution in [-0.2, 0) is 6.54 Å². The molecule has 0 aliphatic heterocycles. The highest BCUT2D eigenvalue weighted by atomic mass is 16.5. The molecule has 0 radical (unpaired) electrons. The minimum absolute atomic E-state index is 0.134. The molecule has 0 atom stereocenters. The van der Waals surface area contributed by atoms with Gasteiger partial charge in [0.05, 0.1) is 19.2 Å². The Balaban J connectivity index is 1.51. The minimum atomic E-state index is -0.267. The van der Waals surface area contributed by atoms with Crippen LogP contribution in [0.15, 0.2) is 71.3 Å². The molecule has 0 aliphatic carbocycles. The fourth-order valence-electron chi connectivity index (χ4n) is 2.85. The van der Waals surface area contributed by atoms with E-state index in [-0.39, 0.29) is 12.5 Å². The van der Waals surface area contributed by atoms with E-state index in [1.54, 1.807) is 7.11 Å². The highest BCUT2D eigenvalue weighted by Gasteiger charge is 2.15. The number of hydrogen-bond acceptors (Lipinski definition) is 5. The number of fused-ring (bicyclic) bond motifs is 1. The number of ether oxygens (including phenoxy) is 1. The molecule has 1 heterocycles. The molecule has 3 aromatic carbocycles. The van der Waals surface area contributed by atoms with E-state index in [0.717, 1.165) is 16.3 Å². The third kappa shape index (κ3) is 3.50. The number of methoxy groups -OCH3 is 1. The Morgan fingerprint density at radius 1 is 1.04 bits per heavy atom. The molecule has 1 N–H and O–H groups in total. The Hall–Kier alpha value is -3.67. The van der Waals surface area contributed by atoms with E-state index in [1.165, 1.54) is 0 Å². The number of hydrogen-bond donors (Lipinski definition) is 1. The summed E-state index contributed by atoms with van der Waals surface area (Å²) in [5.41, 5.74) is 1.31. The molecular weight excluding hydrogens is 342 g/mol. The average Bonchev–Trinajstić information content (AvgIpc) is 3.20. The summed E-state index contributed by atoms with van der Waals surface area (Å²) in [6, 6.07) is 21.0. The third-order valence-electron chi connectivity index (χ3n) is 4.21. The monoisotopic (exact) mass is 359 g/mol.